The maximum Gasteiger partial charge on any atom is 0.416 e. The summed E-state index contributed by atoms with van der Waals surface area (Å²) in [4.78, 5) is 13.4. The Morgan fingerprint density at radius 3 is 2.43 bits per heavy atom. The van der Waals surface area contributed by atoms with Crippen molar-refractivity contribution in [2.45, 2.75) is 13.1 Å². The van der Waals surface area contributed by atoms with Crippen molar-refractivity contribution in [1.29, 1.82) is 0 Å². The molecule has 1 aliphatic rings. The smallest absolute Gasteiger partial charge is 0.354 e. The second-order valence-electron chi connectivity index (χ2n) is 7.37. The molecule has 1 aromatic carbocycles. The van der Waals surface area contributed by atoms with Crippen LogP contribution < -0.4 is 10.2 Å². The Bertz CT molecular complexity index is 1020. The Morgan fingerprint density at radius 2 is 1.77 bits per heavy atom. The maximum absolute atomic E-state index is 13.2. The van der Waals surface area contributed by atoms with Gasteiger partial charge in [-0.3, -0.25) is 5.10 Å². The van der Waals surface area contributed by atoms with Gasteiger partial charge in [-0.15, -0.1) is 0 Å². The van der Waals surface area contributed by atoms with Gasteiger partial charge in [0.2, 0.25) is 0 Å². The summed E-state index contributed by atoms with van der Waals surface area (Å²) in [5.41, 5.74) is 0.456. The fraction of sp³-hybridized carbons (Fsp3) is 0.350. The minimum Gasteiger partial charge on any atom is -0.354 e. The van der Waals surface area contributed by atoms with Gasteiger partial charge in [0.25, 0.3) is 0 Å². The van der Waals surface area contributed by atoms with E-state index in [1.54, 1.807) is 12.1 Å². The highest BCUT2D eigenvalue weighted by molar-refractivity contribution is 5.65. The SMILES string of the molecule is Cc1cc(Nc2cc(N3CCN(C)CC3)nc(-c3cccc(C(F)(F)F)c3)n2)n[nH]1. The number of anilines is 3. The van der Waals surface area contributed by atoms with Crippen LogP contribution in [0.2, 0.25) is 0 Å². The molecule has 0 radical (unpaired) electrons. The molecule has 4 rings (SSSR count). The number of nitrogens with zero attached hydrogens (tertiary/aromatic N) is 5. The van der Waals surface area contributed by atoms with Crippen molar-refractivity contribution in [3.8, 4) is 11.4 Å². The lowest BCUT2D eigenvalue weighted by molar-refractivity contribution is -0.137. The van der Waals surface area contributed by atoms with E-state index in [9.17, 15) is 13.2 Å². The molecule has 1 saturated heterocycles. The van der Waals surface area contributed by atoms with E-state index in [1.165, 1.54) is 6.07 Å². The molecular formula is C20H22F3N7. The number of hydrogen-bond donors (Lipinski definition) is 2. The van der Waals surface area contributed by atoms with Gasteiger partial charge in [-0.05, 0) is 26.1 Å². The van der Waals surface area contributed by atoms with Crippen LogP contribution in [-0.2, 0) is 6.18 Å². The van der Waals surface area contributed by atoms with Gasteiger partial charge in [0.05, 0.1) is 5.56 Å². The van der Waals surface area contributed by atoms with Crippen molar-refractivity contribution in [2.75, 3.05) is 43.4 Å². The zero-order valence-electron chi connectivity index (χ0n) is 16.7. The summed E-state index contributed by atoms with van der Waals surface area (Å²) in [6.45, 7) is 5.18. The number of rotatable bonds is 4. The van der Waals surface area contributed by atoms with Crippen molar-refractivity contribution in [3.05, 3.63) is 47.7 Å². The third-order valence-corrected chi connectivity index (χ3v) is 4.95. The fourth-order valence-electron chi connectivity index (χ4n) is 3.27. The molecule has 0 atom stereocenters. The second-order valence-corrected chi connectivity index (χ2v) is 7.37. The number of nitrogens with one attached hydrogen (secondary N) is 2. The van der Waals surface area contributed by atoms with Gasteiger partial charge in [0.15, 0.2) is 11.6 Å². The molecule has 0 bridgehead atoms. The van der Waals surface area contributed by atoms with E-state index >= 15 is 0 Å². The molecule has 7 nitrogen and oxygen atoms in total. The van der Waals surface area contributed by atoms with E-state index in [0.717, 1.165) is 44.0 Å². The van der Waals surface area contributed by atoms with Crippen molar-refractivity contribution >= 4 is 17.5 Å². The summed E-state index contributed by atoms with van der Waals surface area (Å²) >= 11 is 0. The highest BCUT2D eigenvalue weighted by Gasteiger charge is 2.30. The minimum absolute atomic E-state index is 0.229. The van der Waals surface area contributed by atoms with Gasteiger partial charge < -0.3 is 15.1 Å². The van der Waals surface area contributed by atoms with Gasteiger partial charge in [0.1, 0.15) is 11.6 Å². The van der Waals surface area contributed by atoms with Crippen LogP contribution in [0.1, 0.15) is 11.3 Å². The van der Waals surface area contributed by atoms with Gasteiger partial charge in [0, 0.05) is 49.6 Å². The van der Waals surface area contributed by atoms with E-state index in [2.05, 4.69) is 42.3 Å². The molecule has 1 fully saturated rings. The standard InChI is InChI=1S/C20H22F3N7/c1-13-10-17(28-27-13)24-16-12-18(30-8-6-29(2)7-9-30)26-19(25-16)14-4-3-5-15(11-14)20(21,22)23/h3-5,10-12H,6-9H2,1-2H3,(H2,24,25,26,27,28). The molecule has 0 saturated carbocycles. The summed E-state index contributed by atoms with van der Waals surface area (Å²) in [6.07, 6.45) is -4.43. The molecule has 0 spiro atoms. The maximum atomic E-state index is 13.2. The average molecular weight is 417 g/mol. The van der Waals surface area contributed by atoms with E-state index in [1.807, 2.05) is 13.0 Å². The first kappa shape index (κ1) is 20.1. The molecule has 10 heteroatoms. The predicted molar refractivity (Wildman–Crippen MR) is 109 cm³/mol. The van der Waals surface area contributed by atoms with Crippen LogP contribution in [0.3, 0.4) is 0 Å². The number of aromatic amines is 1. The number of alkyl halides is 3. The molecule has 0 amide bonds. The van der Waals surface area contributed by atoms with Crippen LogP contribution in [0.4, 0.5) is 30.6 Å². The van der Waals surface area contributed by atoms with Gasteiger partial charge in [-0.2, -0.15) is 18.3 Å². The third-order valence-electron chi connectivity index (χ3n) is 4.95. The van der Waals surface area contributed by atoms with Crippen molar-refractivity contribution in [3.63, 3.8) is 0 Å². The van der Waals surface area contributed by atoms with Gasteiger partial charge >= 0.3 is 6.18 Å². The number of aromatic nitrogens is 4. The number of H-pyrrole nitrogens is 1. The van der Waals surface area contributed by atoms with Crippen LogP contribution in [0.25, 0.3) is 11.4 Å². The third kappa shape index (κ3) is 4.54. The van der Waals surface area contributed by atoms with E-state index in [-0.39, 0.29) is 5.82 Å². The highest BCUT2D eigenvalue weighted by Crippen LogP contribution is 2.32. The summed E-state index contributed by atoms with van der Waals surface area (Å²) in [6, 6.07) is 8.69. The van der Waals surface area contributed by atoms with Crippen LogP contribution in [0.15, 0.2) is 36.4 Å². The first-order valence-electron chi connectivity index (χ1n) is 9.57. The largest absolute Gasteiger partial charge is 0.416 e. The normalized spacial score (nSPS) is 15.4. The highest BCUT2D eigenvalue weighted by atomic mass is 19.4. The van der Waals surface area contributed by atoms with Crippen molar-refractivity contribution < 1.29 is 13.2 Å². The molecule has 0 aliphatic carbocycles. The first-order chi connectivity index (χ1) is 14.3. The zero-order valence-corrected chi connectivity index (χ0v) is 16.7. The Morgan fingerprint density at radius 1 is 1.00 bits per heavy atom. The Labute approximate surface area is 171 Å². The number of likely N-dealkylation sites (N-methyl/N-ethyl adjacent to an activating group) is 1. The van der Waals surface area contributed by atoms with E-state index in [4.69, 9.17) is 0 Å². The average Bonchev–Trinajstić information content (AvgIpc) is 3.12. The predicted octanol–water partition coefficient (Wildman–Crippen LogP) is 3.69. The molecule has 158 valence electrons. The number of benzene rings is 1. The van der Waals surface area contributed by atoms with Crippen LogP contribution >= 0.6 is 0 Å². The van der Waals surface area contributed by atoms with E-state index in [0.29, 0.717) is 23.0 Å². The quantitative estimate of drug-likeness (QED) is 0.675. The first-order valence-corrected chi connectivity index (χ1v) is 9.57. The number of piperazine rings is 1. The molecule has 2 N–H and O–H groups in total. The van der Waals surface area contributed by atoms with Crippen molar-refractivity contribution in [2.24, 2.45) is 0 Å². The fourth-order valence-corrected chi connectivity index (χ4v) is 3.27. The topological polar surface area (TPSA) is 73.0 Å². The lowest BCUT2D eigenvalue weighted by atomic mass is 10.1. The number of aryl methyl sites for hydroxylation is 1. The molecule has 1 aliphatic heterocycles. The molecule has 3 heterocycles. The van der Waals surface area contributed by atoms with Crippen LogP contribution in [-0.4, -0.2) is 58.3 Å². The monoisotopic (exact) mass is 417 g/mol. The Balaban J connectivity index is 1.73. The molecule has 2 aromatic heterocycles. The van der Waals surface area contributed by atoms with Gasteiger partial charge in [-0.1, -0.05) is 12.1 Å². The number of hydrogen-bond acceptors (Lipinski definition) is 6. The lowest BCUT2D eigenvalue weighted by Gasteiger charge is -2.33. The second kappa shape index (κ2) is 7.94. The molecular weight excluding hydrogens is 395 g/mol. The lowest BCUT2D eigenvalue weighted by Crippen LogP contribution is -2.44. The zero-order chi connectivity index (χ0) is 21.3. The number of halogens is 3. The van der Waals surface area contributed by atoms with Crippen LogP contribution in [0.5, 0.6) is 0 Å². The van der Waals surface area contributed by atoms with Crippen LogP contribution in [0, 0.1) is 6.92 Å². The summed E-state index contributed by atoms with van der Waals surface area (Å²) < 4.78 is 39.5. The minimum atomic E-state index is -4.43. The molecule has 30 heavy (non-hydrogen) atoms. The Hall–Kier alpha value is -3.14. The molecule has 3 aromatic rings. The van der Waals surface area contributed by atoms with Gasteiger partial charge in [-0.25, -0.2) is 9.97 Å². The Kier molecular flexibility index (Phi) is 5.33. The summed E-state index contributed by atoms with van der Waals surface area (Å²) in [5, 5.41) is 10.1. The summed E-state index contributed by atoms with van der Waals surface area (Å²) in [5.74, 6) is 1.94. The van der Waals surface area contributed by atoms with E-state index < -0.39 is 11.7 Å². The summed E-state index contributed by atoms with van der Waals surface area (Å²) in [7, 11) is 2.05. The molecule has 0 unspecified atom stereocenters. The van der Waals surface area contributed by atoms with Crippen molar-refractivity contribution in [1.82, 2.24) is 25.1 Å².